The summed E-state index contributed by atoms with van der Waals surface area (Å²) in [7, 11) is 3.21. The second-order valence-corrected chi connectivity index (χ2v) is 13.0. The number of aromatic nitrogens is 5. The fraction of sp³-hybridized carbons (Fsp3) is 0.500. The van der Waals surface area contributed by atoms with Crippen LogP contribution in [0.5, 0.6) is 0 Å². The number of fused-ring (bicyclic) bond motifs is 1. The second-order valence-electron chi connectivity index (χ2n) is 11.0. The highest BCUT2D eigenvalue weighted by atomic mass is 79.9. The molecule has 1 fully saturated rings. The van der Waals surface area contributed by atoms with Crippen LogP contribution in [0.1, 0.15) is 69.5 Å². The van der Waals surface area contributed by atoms with Crippen LogP contribution in [0.2, 0.25) is 0 Å². The smallest absolute Gasteiger partial charge is 0.180 e. The number of nitrogens with zero attached hydrogens (tertiary/aromatic N) is 6. The number of anilines is 1. The van der Waals surface area contributed by atoms with Gasteiger partial charge in [-0.05, 0) is 72.7 Å². The molecule has 10 nitrogen and oxygen atoms in total. The van der Waals surface area contributed by atoms with Crippen LogP contribution in [0.3, 0.4) is 0 Å². The van der Waals surface area contributed by atoms with Gasteiger partial charge in [-0.2, -0.15) is 18.4 Å². The monoisotopic (exact) mass is 754 g/mol. The number of carbonyl (C=O) groups excluding carboxylic acids is 1. The molecule has 3 aromatic heterocycles. The number of ether oxygens (including phenoxy) is 3. The van der Waals surface area contributed by atoms with Crippen LogP contribution in [0.25, 0.3) is 22.5 Å². The van der Waals surface area contributed by atoms with E-state index in [1.165, 1.54) is 4.52 Å². The largest absolute Gasteiger partial charge is 0.385 e. The first kappa shape index (κ1) is 37.3. The Kier molecular flexibility index (Phi) is 14.1. The van der Waals surface area contributed by atoms with E-state index in [-0.39, 0.29) is 42.2 Å². The molecule has 256 valence electrons. The lowest BCUT2D eigenvalue weighted by molar-refractivity contribution is -0.152. The number of ketones is 1. The summed E-state index contributed by atoms with van der Waals surface area (Å²) in [5, 5.41) is 9.02. The van der Waals surface area contributed by atoms with Crippen molar-refractivity contribution in [3.8, 4) is 16.8 Å². The number of carbonyl (C=O) groups is 1. The van der Waals surface area contributed by atoms with Gasteiger partial charge in [0.25, 0.3) is 0 Å². The molecule has 0 radical (unpaired) electrons. The molecule has 1 aliphatic carbocycles. The van der Waals surface area contributed by atoms with Gasteiger partial charge in [0.05, 0.1) is 41.5 Å². The maximum Gasteiger partial charge on any atom is 0.180 e. The highest BCUT2D eigenvalue weighted by molar-refractivity contribution is 9.10. The summed E-state index contributed by atoms with van der Waals surface area (Å²) in [6.07, 6.45) is 8.33. The number of hydrogen-bond donors (Lipinski definition) is 0. The minimum absolute atomic E-state index is 0.0507. The predicted octanol–water partition coefficient (Wildman–Crippen LogP) is 8.61. The van der Waals surface area contributed by atoms with Crippen molar-refractivity contribution < 1.29 is 26.8 Å². The average Bonchev–Trinajstić information content (AvgIpc) is 3.75. The summed E-state index contributed by atoms with van der Waals surface area (Å²) in [5.74, 6) is 0.105. The summed E-state index contributed by atoms with van der Waals surface area (Å²) in [5.41, 5.74) is 3.56. The van der Waals surface area contributed by atoms with Crippen molar-refractivity contribution in [3.05, 3.63) is 58.6 Å². The molecule has 1 aliphatic rings. The number of benzene rings is 1. The van der Waals surface area contributed by atoms with Gasteiger partial charge < -0.3 is 14.2 Å². The Balaban J connectivity index is 0.00000245. The van der Waals surface area contributed by atoms with Crippen molar-refractivity contribution in [1.82, 2.24) is 24.4 Å². The summed E-state index contributed by atoms with van der Waals surface area (Å²) in [4.78, 5) is 18.5. The van der Waals surface area contributed by atoms with E-state index in [1.807, 2.05) is 51.2 Å². The van der Waals surface area contributed by atoms with E-state index >= 15 is 0 Å². The summed E-state index contributed by atoms with van der Waals surface area (Å²) in [6, 6.07) is 7.97. The number of hydrogen-bond acceptors (Lipinski definition) is 10. The van der Waals surface area contributed by atoms with Gasteiger partial charge >= 0.3 is 0 Å². The van der Waals surface area contributed by atoms with Gasteiger partial charge in [0.2, 0.25) is 0 Å². The third kappa shape index (κ3) is 8.36. The Hall–Kier alpha value is -2.56. The van der Waals surface area contributed by atoms with Crippen LogP contribution in [0, 0.1) is 6.92 Å². The molecule has 0 spiro atoms. The summed E-state index contributed by atoms with van der Waals surface area (Å²) >= 11 is 3.09. The molecule has 0 bridgehead atoms. The highest BCUT2D eigenvalue weighted by Gasteiger charge is 2.43. The van der Waals surface area contributed by atoms with E-state index in [2.05, 4.69) is 26.1 Å². The first-order chi connectivity index (χ1) is 22.9. The molecule has 0 atom stereocenters. The Morgan fingerprint density at radius 2 is 1.81 bits per heavy atom. The van der Waals surface area contributed by atoms with Gasteiger partial charge in [0, 0.05) is 50.5 Å². The molecule has 1 aromatic carbocycles. The highest BCUT2D eigenvalue weighted by Crippen LogP contribution is 2.47. The molecule has 3 heterocycles. The zero-order valence-electron chi connectivity index (χ0n) is 27.2. The quantitative estimate of drug-likeness (QED) is 0.0867. The van der Waals surface area contributed by atoms with Crippen LogP contribution in [-0.2, 0) is 19.0 Å². The lowest BCUT2D eigenvalue weighted by Crippen LogP contribution is -2.45. The predicted molar refractivity (Wildman–Crippen MR) is 187 cm³/mol. The van der Waals surface area contributed by atoms with Gasteiger partial charge in [-0.15, -0.1) is 7.77 Å². The fourth-order valence-corrected chi connectivity index (χ4v) is 7.39. The maximum atomic E-state index is 14.1. The second kappa shape index (κ2) is 17.7. The maximum absolute atomic E-state index is 14.1. The lowest BCUT2D eigenvalue weighted by atomic mass is 9.74. The van der Waals surface area contributed by atoms with Gasteiger partial charge in [-0.1, -0.05) is 26.0 Å². The number of methoxy groups -OCH3 is 2. The fourth-order valence-electron chi connectivity index (χ4n) is 5.84. The molecule has 0 aliphatic heterocycles. The summed E-state index contributed by atoms with van der Waals surface area (Å²) in [6.45, 7) is 7.20. The average molecular weight is 756 g/mol. The summed E-state index contributed by atoms with van der Waals surface area (Å²) < 4.78 is 49.1. The Labute approximate surface area is 291 Å². The molecule has 15 heteroatoms. The van der Waals surface area contributed by atoms with Crippen LogP contribution >= 0.6 is 40.6 Å². The lowest BCUT2D eigenvalue weighted by Gasteiger charge is -2.39. The van der Waals surface area contributed by atoms with Gasteiger partial charge in [-0.3, -0.25) is 4.79 Å². The Bertz CT molecular complexity index is 1610. The molecule has 47 heavy (non-hydrogen) atoms. The van der Waals surface area contributed by atoms with Crippen molar-refractivity contribution in [2.45, 2.75) is 70.8 Å². The van der Waals surface area contributed by atoms with E-state index in [1.54, 1.807) is 31.3 Å². The van der Waals surface area contributed by atoms with E-state index in [0.717, 1.165) is 20.5 Å². The number of rotatable bonds is 15. The third-order valence-corrected chi connectivity index (χ3v) is 9.85. The van der Waals surface area contributed by atoms with Crippen LogP contribution in [0.4, 0.5) is 13.6 Å². The van der Waals surface area contributed by atoms with E-state index in [4.69, 9.17) is 19.2 Å². The third-order valence-electron chi connectivity index (χ3n) is 8.16. The van der Waals surface area contributed by atoms with Crippen molar-refractivity contribution in [2.24, 2.45) is 0 Å². The molecule has 1 saturated carbocycles. The van der Waals surface area contributed by atoms with Crippen LogP contribution in [0.15, 0.2) is 47.3 Å². The standard InChI is InChI=1S/C30H35BrF2N6O4S2.C2H6/c1-20-6-4-7-23(16-20)37-19-22(17-34-37)24-18-35-38-28(24)36-27(26(31)29(38)39(44-32)45-33)21-9-11-30(12-10-21,43-15-14-42-3)25(40)8-5-13-41-2;1-2/h4,6-7,16-19,21H,5,8-15H2,1-3H3;1-2H3. The minimum Gasteiger partial charge on any atom is -0.385 e. The van der Waals surface area contributed by atoms with Gasteiger partial charge in [0.15, 0.2) is 41.9 Å². The van der Waals surface area contributed by atoms with Gasteiger partial charge in [-0.25, -0.2) is 9.67 Å². The molecule has 0 unspecified atom stereocenters. The van der Waals surface area contributed by atoms with E-state index < -0.39 is 5.60 Å². The van der Waals surface area contributed by atoms with E-state index in [9.17, 15) is 12.6 Å². The molecule has 5 rings (SSSR count). The zero-order chi connectivity index (χ0) is 34.0. The molecular weight excluding hydrogens is 714 g/mol. The number of halogens is 3. The number of aryl methyl sites for hydroxylation is 1. The molecule has 0 N–H and O–H groups in total. The van der Waals surface area contributed by atoms with Crippen molar-refractivity contribution >= 4 is 57.8 Å². The molecule has 0 amide bonds. The van der Waals surface area contributed by atoms with Gasteiger partial charge in [0.1, 0.15) is 5.60 Å². The van der Waals surface area contributed by atoms with Crippen LogP contribution in [-0.4, -0.2) is 69.8 Å². The van der Waals surface area contributed by atoms with Crippen molar-refractivity contribution in [2.75, 3.05) is 37.8 Å². The minimum atomic E-state index is -0.927. The van der Waals surface area contributed by atoms with Crippen molar-refractivity contribution in [3.63, 3.8) is 0 Å². The molecular formula is C32H41BrF2N6O4S2. The Morgan fingerprint density at radius 1 is 1.09 bits per heavy atom. The van der Waals surface area contributed by atoms with E-state index in [0.29, 0.717) is 79.7 Å². The SMILES string of the molecule is CC.COCCCC(=O)C1(OCCOC)CCC(c2nc3c(-c4cnn(-c5cccc(C)c5)c4)cnn3c(N(SF)SF)c2Br)CC1. The molecule has 0 saturated heterocycles. The first-order valence-electron chi connectivity index (χ1n) is 15.6. The Morgan fingerprint density at radius 3 is 2.47 bits per heavy atom. The molecule has 4 aromatic rings. The zero-order valence-corrected chi connectivity index (χ0v) is 30.5. The van der Waals surface area contributed by atoms with Crippen molar-refractivity contribution in [1.29, 1.82) is 0 Å². The first-order valence-corrected chi connectivity index (χ1v) is 17.7. The normalized spacial score (nSPS) is 17.8. The number of Topliss-reactive ketones (excluding diaryl/α,β-unsaturated/α-hetero) is 1. The topological polar surface area (TPSA) is 96.0 Å². The van der Waals surface area contributed by atoms with Crippen LogP contribution < -0.4 is 3.71 Å².